The van der Waals surface area contributed by atoms with E-state index < -0.39 is 24.0 Å². The summed E-state index contributed by atoms with van der Waals surface area (Å²) in [5.74, 6) is -1.64. The number of aliphatic carboxylic acids is 1. The van der Waals surface area contributed by atoms with Crippen molar-refractivity contribution in [2.24, 2.45) is 5.11 Å². The Balaban J connectivity index is 4.44. The number of carboxylic acid groups (broad SMARTS) is 1. The average Bonchev–Trinajstić information content (AvgIpc) is 2.43. The fourth-order valence-corrected chi connectivity index (χ4v) is 1.23. The SMILES string of the molecule is C=CCOC(=O)NC(CCN=[N+]=[N-])C(=O)NCCC(=O)O. The Labute approximate surface area is 120 Å². The van der Waals surface area contributed by atoms with E-state index in [4.69, 9.17) is 10.6 Å². The third-order valence-electron chi connectivity index (χ3n) is 2.16. The van der Waals surface area contributed by atoms with E-state index in [1.54, 1.807) is 0 Å². The van der Waals surface area contributed by atoms with Gasteiger partial charge in [0.05, 0.1) is 6.42 Å². The molecule has 0 spiro atoms. The molecule has 0 saturated heterocycles. The molecule has 0 heterocycles. The summed E-state index contributed by atoms with van der Waals surface area (Å²) >= 11 is 0. The van der Waals surface area contributed by atoms with E-state index in [-0.39, 0.29) is 32.5 Å². The molecule has 0 aromatic heterocycles. The largest absolute Gasteiger partial charge is 0.481 e. The lowest BCUT2D eigenvalue weighted by atomic mass is 10.2. The molecule has 0 rings (SSSR count). The van der Waals surface area contributed by atoms with E-state index in [1.807, 2.05) is 0 Å². The molecule has 0 aliphatic rings. The number of rotatable bonds is 10. The van der Waals surface area contributed by atoms with Gasteiger partial charge in [0.15, 0.2) is 0 Å². The summed E-state index contributed by atoms with van der Waals surface area (Å²) in [6.45, 7) is 3.27. The van der Waals surface area contributed by atoms with E-state index in [0.29, 0.717) is 0 Å². The fourth-order valence-electron chi connectivity index (χ4n) is 1.23. The Morgan fingerprint density at radius 1 is 1.48 bits per heavy atom. The van der Waals surface area contributed by atoms with Crippen LogP contribution in [-0.4, -0.2) is 48.8 Å². The second kappa shape index (κ2) is 11.1. The molecular weight excluding hydrogens is 282 g/mol. The van der Waals surface area contributed by atoms with E-state index in [9.17, 15) is 14.4 Å². The Morgan fingerprint density at radius 2 is 2.19 bits per heavy atom. The first-order chi connectivity index (χ1) is 10.0. The van der Waals surface area contributed by atoms with Crippen LogP contribution >= 0.6 is 0 Å². The van der Waals surface area contributed by atoms with Crippen LogP contribution < -0.4 is 10.6 Å². The first-order valence-electron chi connectivity index (χ1n) is 6.05. The maximum atomic E-state index is 11.8. The number of carbonyl (C=O) groups excluding carboxylic acids is 2. The van der Waals surface area contributed by atoms with Gasteiger partial charge in [0.25, 0.3) is 0 Å². The van der Waals surface area contributed by atoms with E-state index in [0.717, 1.165) is 0 Å². The van der Waals surface area contributed by atoms with Gasteiger partial charge in [-0.15, -0.1) is 0 Å². The highest BCUT2D eigenvalue weighted by molar-refractivity contribution is 5.85. The average molecular weight is 299 g/mol. The van der Waals surface area contributed by atoms with Crippen molar-refractivity contribution in [1.29, 1.82) is 0 Å². The molecule has 2 amide bonds. The summed E-state index contributed by atoms with van der Waals surface area (Å²) in [6.07, 6.45) is 0.359. The minimum atomic E-state index is -1.06. The van der Waals surface area contributed by atoms with Crippen LogP contribution in [0.25, 0.3) is 10.4 Å². The molecular formula is C11H17N5O5. The standard InChI is InChI=1S/C11H17N5O5/c1-2-7-21-11(20)15-8(3-6-14-16-12)10(19)13-5-4-9(17)18/h2,8H,1,3-7H2,(H,13,19)(H,15,20)(H,17,18). The minimum absolute atomic E-state index is 0.00471. The number of nitrogens with one attached hydrogen (secondary N) is 2. The second-order valence-electron chi connectivity index (χ2n) is 3.76. The third kappa shape index (κ3) is 9.79. The van der Waals surface area contributed by atoms with Crippen molar-refractivity contribution in [2.75, 3.05) is 19.7 Å². The third-order valence-corrected chi connectivity index (χ3v) is 2.16. The van der Waals surface area contributed by atoms with Crippen molar-refractivity contribution >= 4 is 18.0 Å². The van der Waals surface area contributed by atoms with E-state index >= 15 is 0 Å². The predicted molar refractivity (Wildman–Crippen MR) is 72.4 cm³/mol. The number of amides is 2. The van der Waals surface area contributed by atoms with Crippen LogP contribution in [-0.2, 0) is 14.3 Å². The molecule has 0 bridgehead atoms. The highest BCUT2D eigenvalue weighted by atomic mass is 16.5. The summed E-state index contributed by atoms with van der Waals surface area (Å²) in [6, 6.07) is -0.985. The van der Waals surface area contributed by atoms with Crippen molar-refractivity contribution in [1.82, 2.24) is 10.6 Å². The topological polar surface area (TPSA) is 153 Å². The quantitative estimate of drug-likeness (QED) is 0.233. The molecule has 116 valence electrons. The Kier molecular flexibility index (Phi) is 9.67. The number of hydrogen-bond acceptors (Lipinski definition) is 5. The smallest absolute Gasteiger partial charge is 0.408 e. The number of ether oxygens (including phenoxy) is 1. The molecule has 1 atom stereocenters. The summed E-state index contributed by atoms with van der Waals surface area (Å²) in [7, 11) is 0. The van der Waals surface area contributed by atoms with Gasteiger partial charge in [0.1, 0.15) is 12.6 Å². The molecule has 0 aromatic carbocycles. The fraction of sp³-hybridized carbons (Fsp3) is 0.545. The summed E-state index contributed by atoms with van der Waals surface area (Å²) in [5, 5.41) is 16.4. The van der Waals surface area contributed by atoms with Crippen LogP contribution in [0, 0.1) is 0 Å². The zero-order valence-corrected chi connectivity index (χ0v) is 11.3. The molecule has 10 heteroatoms. The second-order valence-corrected chi connectivity index (χ2v) is 3.76. The summed E-state index contributed by atoms with van der Waals surface area (Å²) in [4.78, 5) is 36.1. The monoisotopic (exact) mass is 299 g/mol. The molecule has 0 fully saturated rings. The van der Waals surface area contributed by atoms with Gasteiger partial charge in [-0.2, -0.15) is 0 Å². The van der Waals surface area contributed by atoms with Gasteiger partial charge in [-0.05, 0) is 12.0 Å². The minimum Gasteiger partial charge on any atom is -0.481 e. The van der Waals surface area contributed by atoms with Crippen molar-refractivity contribution < 1.29 is 24.2 Å². The molecule has 0 saturated carbocycles. The van der Waals surface area contributed by atoms with Crippen molar-refractivity contribution in [2.45, 2.75) is 18.9 Å². The lowest BCUT2D eigenvalue weighted by molar-refractivity contribution is -0.137. The van der Waals surface area contributed by atoms with Crippen molar-refractivity contribution in [3.8, 4) is 0 Å². The van der Waals surface area contributed by atoms with Crippen LogP contribution in [0.15, 0.2) is 17.8 Å². The van der Waals surface area contributed by atoms with Gasteiger partial charge >= 0.3 is 12.1 Å². The molecule has 10 nitrogen and oxygen atoms in total. The molecule has 3 N–H and O–H groups in total. The zero-order chi connectivity index (χ0) is 16.1. The number of carbonyl (C=O) groups is 3. The molecule has 21 heavy (non-hydrogen) atoms. The lowest BCUT2D eigenvalue weighted by Gasteiger charge is -2.17. The molecule has 0 aliphatic heterocycles. The van der Waals surface area contributed by atoms with Gasteiger partial charge in [-0.25, -0.2) is 4.79 Å². The van der Waals surface area contributed by atoms with Crippen LogP contribution in [0.5, 0.6) is 0 Å². The van der Waals surface area contributed by atoms with Gasteiger partial charge < -0.3 is 20.5 Å². The predicted octanol–water partition coefficient (Wildman–Crippen LogP) is 0.558. The zero-order valence-electron chi connectivity index (χ0n) is 11.3. The number of carboxylic acids is 1. The molecule has 0 aliphatic carbocycles. The van der Waals surface area contributed by atoms with Crippen LogP contribution in [0.1, 0.15) is 12.8 Å². The van der Waals surface area contributed by atoms with Gasteiger partial charge in [0.2, 0.25) is 5.91 Å². The number of nitrogens with zero attached hydrogens (tertiary/aromatic N) is 3. The summed E-state index contributed by atoms with van der Waals surface area (Å²) < 4.78 is 4.68. The van der Waals surface area contributed by atoms with Crippen LogP contribution in [0.3, 0.4) is 0 Å². The summed E-state index contributed by atoms with van der Waals surface area (Å²) in [5.41, 5.74) is 8.19. The van der Waals surface area contributed by atoms with Crippen molar-refractivity contribution in [3.63, 3.8) is 0 Å². The first-order valence-corrected chi connectivity index (χ1v) is 6.05. The lowest BCUT2D eigenvalue weighted by Crippen LogP contribution is -2.47. The van der Waals surface area contributed by atoms with E-state index in [1.165, 1.54) is 6.08 Å². The maximum absolute atomic E-state index is 11.8. The Bertz CT molecular complexity index is 433. The molecule has 0 aromatic rings. The van der Waals surface area contributed by atoms with E-state index in [2.05, 4.69) is 32.0 Å². The molecule has 0 radical (unpaired) electrons. The number of alkyl carbamates (subject to hydrolysis) is 1. The van der Waals surface area contributed by atoms with Gasteiger partial charge in [0, 0.05) is 18.0 Å². The van der Waals surface area contributed by atoms with Crippen LogP contribution in [0.4, 0.5) is 4.79 Å². The van der Waals surface area contributed by atoms with Gasteiger partial charge in [-0.1, -0.05) is 17.8 Å². The van der Waals surface area contributed by atoms with Gasteiger partial charge in [-0.3, -0.25) is 9.59 Å². The normalized spacial score (nSPS) is 10.7. The Hall–Kier alpha value is -2.74. The highest BCUT2D eigenvalue weighted by Crippen LogP contribution is 1.96. The maximum Gasteiger partial charge on any atom is 0.408 e. The highest BCUT2D eigenvalue weighted by Gasteiger charge is 2.20. The van der Waals surface area contributed by atoms with Crippen molar-refractivity contribution in [3.05, 3.63) is 23.1 Å². The molecule has 1 unspecified atom stereocenters. The number of azide groups is 1. The number of hydrogen-bond donors (Lipinski definition) is 3. The van der Waals surface area contributed by atoms with Crippen LogP contribution in [0.2, 0.25) is 0 Å². The Morgan fingerprint density at radius 3 is 2.76 bits per heavy atom. The first kappa shape index (κ1) is 18.3.